The van der Waals surface area contributed by atoms with Crippen LogP contribution in [0.3, 0.4) is 0 Å². The number of carbonyl (C=O) groups is 1. The molecule has 1 N–H and O–H groups in total. The minimum atomic E-state index is -0.0458. The van der Waals surface area contributed by atoms with Crippen molar-refractivity contribution in [3.05, 3.63) is 69.1 Å². The van der Waals surface area contributed by atoms with Gasteiger partial charge in [-0.25, -0.2) is 4.98 Å². The smallest absolute Gasteiger partial charge is 0.223 e. The van der Waals surface area contributed by atoms with Crippen molar-refractivity contribution in [1.82, 2.24) is 20.2 Å². The number of rotatable bonds is 7. The van der Waals surface area contributed by atoms with Crippen LogP contribution >= 0.6 is 22.7 Å². The summed E-state index contributed by atoms with van der Waals surface area (Å²) < 4.78 is 0. The number of hydrogen-bond donors (Lipinski definition) is 1. The maximum absolute atomic E-state index is 12.9. The number of piperidine rings is 1. The number of aromatic nitrogens is 2. The second-order valence-corrected chi connectivity index (χ2v) is 8.89. The highest BCUT2D eigenvalue weighted by molar-refractivity contribution is 7.09. The van der Waals surface area contributed by atoms with Crippen molar-refractivity contribution in [2.24, 2.45) is 5.92 Å². The molecule has 3 aromatic rings. The average Bonchev–Trinajstić information content (AvgIpc) is 3.43. The van der Waals surface area contributed by atoms with Crippen molar-refractivity contribution in [2.45, 2.75) is 31.8 Å². The Bertz CT molecular complexity index is 844. The minimum Gasteiger partial charge on any atom is -0.346 e. The SMILES string of the molecule is O=C(NC(Cc1ccsc1)c1nccs1)C1CCN(Cc2cccnc2)CC1. The third kappa shape index (κ3) is 5.04. The molecule has 0 saturated carbocycles. The van der Waals surface area contributed by atoms with Crippen LogP contribution in [-0.4, -0.2) is 33.9 Å². The molecular weight excluding hydrogens is 388 g/mol. The third-order valence-electron chi connectivity index (χ3n) is 5.17. The molecule has 1 aliphatic rings. The van der Waals surface area contributed by atoms with Gasteiger partial charge in [0, 0.05) is 42.9 Å². The first-order valence-electron chi connectivity index (χ1n) is 9.60. The summed E-state index contributed by atoms with van der Waals surface area (Å²) in [6.07, 6.45) is 8.12. The fourth-order valence-electron chi connectivity index (χ4n) is 3.64. The first-order chi connectivity index (χ1) is 13.8. The maximum Gasteiger partial charge on any atom is 0.223 e. The number of pyridine rings is 1. The summed E-state index contributed by atoms with van der Waals surface area (Å²) in [4.78, 5) is 24.0. The van der Waals surface area contributed by atoms with Gasteiger partial charge in [-0.15, -0.1) is 11.3 Å². The van der Waals surface area contributed by atoms with Gasteiger partial charge < -0.3 is 5.32 Å². The summed E-state index contributed by atoms with van der Waals surface area (Å²) in [5.41, 5.74) is 2.47. The van der Waals surface area contributed by atoms with Gasteiger partial charge in [-0.2, -0.15) is 11.3 Å². The monoisotopic (exact) mass is 412 g/mol. The summed E-state index contributed by atoms with van der Waals surface area (Å²) >= 11 is 3.29. The molecule has 1 atom stereocenters. The van der Waals surface area contributed by atoms with Crippen LogP contribution in [0.2, 0.25) is 0 Å². The molecule has 0 spiro atoms. The molecule has 1 amide bonds. The number of thiophene rings is 1. The van der Waals surface area contributed by atoms with Crippen molar-refractivity contribution in [3.8, 4) is 0 Å². The second-order valence-electron chi connectivity index (χ2n) is 7.18. The van der Waals surface area contributed by atoms with Crippen molar-refractivity contribution >= 4 is 28.6 Å². The van der Waals surface area contributed by atoms with E-state index in [4.69, 9.17) is 0 Å². The van der Waals surface area contributed by atoms with E-state index in [-0.39, 0.29) is 17.9 Å². The number of carbonyl (C=O) groups excluding carboxylic acids is 1. The van der Waals surface area contributed by atoms with E-state index in [1.807, 2.05) is 23.8 Å². The maximum atomic E-state index is 12.9. The van der Waals surface area contributed by atoms with Crippen LogP contribution in [0, 0.1) is 5.92 Å². The predicted octanol–water partition coefficient (Wildman–Crippen LogP) is 3.91. The molecule has 0 aliphatic carbocycles. The van der Waals surface area contributed by atoms with Crippen LogP contribution < -0.4 is 5.32 Å². The Hall–Kier alpha value is -2.09. The van der Waals surface area contributed by atoms with Crippen LogP contribution in [0.4, 0.5) is 0 Å². The topological polar surface area (TPSA) is 58.1 Å². The molecule has 0 aromatic carbocycles. The largest absolute Gasteiger partial charge is 0.346 e. The molecule has 1 saturated heterocycles. The number of hydrogen-bond acceptors (Lipinski definition) is 6. The molecule has 0 radical (unpaired) electrons. The zero-order valence-electron chi connectivity index (χ0n) is 15.7. The van der Waals surface area contributed by atoms with E-state index in [9.17, 15) is 4.79 Å². The highest BCUT2D eigenvalue weighted by atomic mass is 32.1. The number of amides is 1. The van der Waals surface area contributed by atoms with Gasteiger partial charge in [0.2, 0.25) is 5.91 Å². The number of likely N-dealkylation sites (tertiary alicyclic amines) is 1. The van der Waals surface area contributed by atoms with Gasteiger partial charge in [-0.1, -0.05) is 6.07 Å². The predicted molar refractivity (Wildman–Crippen MR) is 113 cm³/mol. The van der Waals surface area contributed by atoms with Crippen molar-refractivity contribution in [1.29, 1.82) is 0 Å². The van der Waals surface area contributed by atoms with E-state index in [1.165, 1.54) is 11.1 Å². The number of nitrogens with zero attached hydrogens (tertiary/aromatic N) is 3. The molecule has 7 heteroatoms. The Morgan fingerprint density at radius 3 is 2.79 bits per heavy atom. The lowest BCUT2D eigenvalue weighted by atomic mass is 9.95. The van der Waals surface area contributed by atoms with Crippen molar-refractivity contribution < 1.29 is 4.79 Å². The normalized spacial score (nSPS) is 16.7. The van der Waals surface area contributed by atoms with Crippen molar-refractivity contribution in [3.63, 3.8) is 0 Å². The lowest BCUT2D eigenvalue weighted by Crippen LogP contribution is -2.41. The van der Waals surface area contributed by atoms with Crippen LogP contribution in [-0.2, 0) is 17.8 Å². The van der Waals surface area contributed by atoms with E-state index in [0.717, 1.165) is 43.9 Å². The van der Waals surface area contributed by atoms with Gasteiger partial charge in [0.05, 0.1) is 6.04 Å². The molecule has 1 aliphatic heterocycles. The zero-order chi connectivity index (χ0) is 19.2. The summed E-state index contributed by atoms with van der Waals surface area (Å²) in [5.74, 6) is 0.242. The first kappa shape index (κ1) is 19.2. The van der Waals surface area contributed by atoms with E-state index in [2.05, 4.69) is 43.1 Å². The summed E-state index contributed by atoms with van der Waals surface area (Å²) in [6, 6.07) is 6.15. The molecule has 28 heavy (non-hydrogen) atoms. The summed E-state index contributed by atoms with van der Waals surface area (Å²) in [7, 11) is 0. The van der Waals surface area contributed by atoms with Gasteiger partial charge in [0.25, 0.3) is 0 Å². The molecule has 0 bridgehead atoms. The third-order valence-corrected chi connectivity index (χ3v) is 6.79. The lowest BCUT2D eigenvalue weighted by Gasteiger charge is -2.32. The Balaban J connectivity index is 1.32. The number of nitrogens with one attached hydrogen (secondary N) is 1. The highest BCUT2D eigenvalue weighted by Crippen LogP contribution is 2.24. The van der Waals surface area contributed by atoms with E-state index >= 15 is 0 Å². The quantitative estimate of drug-likeness (QED) is 0.639. The van der Waals surface area contributed by atoms with Crippen LogP contribution in [0.15, 0.2) is 52.9 Å². The lowest BCUT2D eigenvalue weighted by molar-refractivity contribution is -0.127. The van der Waals surface area contributed by atoms with E-state index in [1.54, 1.807) is 28.9 Å². The van der Waals surface area contributed by atoms with E-state index < -0.39 is 0 Å². The minimum absolute atomic E-state index is 0.0458. The Kier molecular flexibility index (Phi) is 6.46. The Morgan fingerprint density at radius 1 is 1.21 bits per heavy atom. The van der Waals surface area contributed by atoms with Gasteiger partial charge in [-0.05, 0) is 60.0 Å². The van der Waals surface area contributed by atoms with Gasteiger partial charge in [0.15, 0.2) is 0 Å². The molecule has 1 fully saturated rings. The molecule has 5 nitrogen and oxygen atoms in total. The summed E-state index contributed by atoms with van der Waals surface area (Å²) in [6.45, 7) is 2.79. The Morgan fingerprint density at radius 2 is 2.11 bits per heavy atom. The van der Waals surface area contributed by atoms with Crippen LogP contribution in [0.25, 0.3) is 0 Å². The molecular formula is C21H24N4OS2. The zero-order valence-corrected chi connectivity index (χ0v) is 17.3. The van der Waals surface area contributed by atoms with Crippen LogP contribution in [0.5, 0.6) is 0 Å². The molecule has 4 rings (SSSR count). The molecule has 3 aromatic heterocycles. The van der Waals surface area contributed by atoms with Crippen LogP contribution in [0.1, 0.15) is 35.0 Å². The number of thiazole rings is 1. The van der Waals surface area contributed by atoms with Gasteiger partial charge in [-0.3, -0.25) is 14.7 Å². The fraction of sp³-hybridized carbons (Fsp3) is 0.381. The van der Waals surface area contributed by atoms with Gasteiger partial charge >= 0.3 is 0 Å². The highest BCUT2D eigenvalue weighted by Gasteiger charge is 2.27. The summed E-state index contributed by atoms with van der Waals surface area (Å²) in [5, 5.41) is 10.4. The molecule has 146 valence electrons. The average molecular weight is 413 g/mol. The fourth-order valence-corrected chi connectivity index (χ4v) is 5.01. The van der Waals surface area contributed by atoms with E-state index in [0.29, 0.717) is 0 Å². The van der Waals surface area contributed by atoms with Gasteiger partial charge in [0.1, 0.15) is 5.01 Å². The molecule has 1 unspecified atom stereocenters. The standard InChI is InChI=1S/C21H24N4OS2/c26-20(18-3-8-25(9-4-18)14-17-2-1-6-22-13-17)24-19(21-23-7-11-28-21)12-16-5-10-27-15-16/h1-2,5-7,10-11,13,15,18-19H,3-4,8-9,12,14H2,(H,24,26). The Labute approximate surface area is 173 Å². The molecule has 4 heterocycles. The second kappa shape index (κ2) is 9.41. The first-order valence-corrected chi connectivity index (χ1v) is 11.4. The van der Waals surface area contributed by atoms with Crippen molar-refractivity contribution in [2.75, 3.05) is 13.1 Å².